The Balaban J connectivity index is 1.41. The van der Waals surface area contributed by atoms with Gasteiger partial charge in [-0.1, -0.05) is 48.5 Å². The number of nitrogens with zero attached hydrogens (tertiary/aromatic N) is 2. The predicted octanol–water partition coefficient (Wildman–Crippen LogP) is 11.3. The van der Waals surface area contributed by atoms with Crippen molar-refractivity contribution in [2.45, 2.75) is 0 Å². The number of methoxy groups -OCH3 is 3. The summed E-state index contributed by atoms with van der Waals surface area (Å²) in [6, 6.07) is 38.2. The van der Waals surface area contributed by atoms with Gasteiger partial charge in [-0.05, 0) is 142 Å². The van der Waals surface area contributed by atoms with Crippen LogP contribution >= 0.6 is 22.6 Å². The lowest BCUT2D eigenvalue weighted by molar-refractivity contribution is 0.0592. The summed E-state index contributed by atoms with van der Waals surface area (Å²) >= 11 is 2.31. The molecule has 0 saturated heterocycles. The van der Waals surface area contributed by atoms with Crippen LogP contribution in [0.1, 0.15) is 53.8 Å². The molecular weight excluding hydrogens is 879 g/mol. The molecule has 9 rings (SSSR count). The third-order valence-electron chi connectivity index (χ3n) is 10.7. The Hall–Kier alpha value is -7.38. The normalized spacial score (nSPS) is 11.7. The van der Waals surface area contributed by atoms with E-state index in [1.807, 2.05) is 78.9 Å². The molecule has 0 aliphatic carbocycles. The number of aromatic nitrogens is 4. The van der Waals surface area contributed by atoms with Gasteiger partial charge in [-0.25, -0.2) is 24.4 Å². The van der Waals surface area contributed by atoms with E-state index in [2.05, 4.69) is 62.9 Å². The van der Waals surface area contributed by atoms with Crippen molar-refractivity contribution in [2.24, 2.45) is 0 Å². The molecule has 0 atom stereocenters. The van der Waals surface area contributed by atoms with Gasteiger partial charge in [0, 0.05) is 47.9 Å². The zero-order chi connectivity index (χ0) is 42.2. The number of rotatable bonds is 7. The van der Waals surface area contributed by atoms with Crippen molar-refractivity contribution in [3.05, 3.63) is 164 Å². The molecular formula is C50H35IN4O6. The molecule has 61 heavy (non-hydrogen) atoms. The van der Waals surface area contributed by atoms with Crippen LogP contribution in [0, 0.1) is 3.57 Å². The second-order valence-corrected chi connectivity index (χ2v) is 15.5. The number of aromatic amines is 2. The van der Waals surface area contributed by atoms with Crippen LogP contribution < -0.4 is 0 Å². The van der Waals surface area contributed by atoms with Gasteiger partial charge in [-0.2, -0.15) is 0 Å². The monoisotopic (exact) mass is 914 g/mol. The molecule has 0 amide bonds. The van der Waals surface area contributed by atoms with E-state index in [1.54, 1.807) is 36.4 Å². The first-order valence-corrected chi connectivity index (χ1v) is 20.3. The number of hydrogen-bond acceptors (Lipinski definition) is 8. The fourth-order valence-corrected chi connectivity index (χ4v) is 8.07. The smallest absolute Gasteiger partial charge is 0.337 e. The number of carbonyl (C=O) groups excluding carboxylic acids is 3. The Labute approximate surface area is 363 Å². The van der Waals surface area contributed by atoms with Crippen LogP contribution in [-0.4, -0.2) is 59.2 Å². The minimum absolute atomic E-state index is 0.419. The maximum Gasteiger partial charge on any atom is 0.337 e. The van der Waals surface area contributed by atoms with E-state index in [-0.39, 0.29) is 0 Å². The second kappa shape index (κ2) is 16.3. The Morgan fingerprint density at radius 1 is 0.393 bits per heavy atom. The van der Waals surface area contributed by atoms with Crippen LogP contribution in [0.2, 0.25) is 0 Å². The molecule has 0 fully saturated rings. The van der Waals surface area contributed by atoms with Gasteiger partial charge in [0.1, 0.15) is 0 Å². The first-order valence-electron chi connectivity index (χ1n) is 19.2. The molecule has 2 aliphatic rings. The van der Waals surface area contributed by atoms with Gasteiger partial charge in [-0.15, -0.1) is 0 Å². The number of halogens is 1. The molecule has 3 aromatic heterocycles. The summed E-state index contributed by atoms with van der Waals surface area (Å²) < 4.78 is 16.1. The van der Waals surface area contributed by atoms with E-state index in [0.717, 1.165) is 75.8 Å². The fourth-order valence-electron chi connectivity index (χ4n) is 7.71. The quantitative estimate of drug-likeness (QED) is 0.0916. The van der Waals surface area contributed by atoms with Gasteiger partial charge in [-0.3, -0.25) is 0 Å². The number of esters is 3. The lowest BCUT2D eigenvalue weighted by atomic mass is 10.0. The van der Waals surface area contributed by atoms with Gasteiger partial charge in [0.2, 0.25) is 0 Å². The maximum absolute atomic E-state index is 12.5. The average molecular weight is 915 g/mol. The lowest BCUT2D eigenvalue weighted by Crippen LogP contribution is -2.00. The molecule has 0 unspecified atom stereocenters. The van der Waals surface area contributed by atoms with Crippen molar-refractivity contribution in [3.63, 3.8) is 0 Å². The van der Waals surface area contributed by atoms with Crippen molar-refractivity contribution >= 4 is 86.9 Å². The number of H-pyrrole nitrogens is 2. The van der Waals surface area contributed by atoms with Crippen LogP contribution in [0.3, 0.4) is 0 Å². The van der Waals surface area contributed by atoms with Gasteiger partial charge in [0.25, 0.3) is 0 Å². The predicted molar refractivity (Wildman–Crippen MR) is 247 cm³/mol. The summed E-state index contributed by atoms with van der Waals surface area (Å²) in [5, 5.41) is 0. The summed E-state index contributed by atoms with van der Waals surface area (Å²) in [5.74, 6) is -1.29. The number of ether oxygens (including phenoxy) is 3. The standard InChI is InChI=1S/C50H35IN4O6/c1-59-48(56)32-10-4-28(5-11-32)44-36-20-22-38(52-36)45(29-6-12-33(13-7-29)49(57)60-2)40-24-26-42(54-40)47(31-16-18-35(51)19-17-31)43-27-25-41(55-43)46(39-23-21-37(44)53-39)30-8-14-34(15-9-30)50(58)61-3/h4-27,52,55H,1-3H3. The highest BCUT2D eigenvalue weighted by molar-refractivity contribution is 14.1. The maximum atomic E-state index is 12.5. The van der Waals surface area contributed by atoms with Gasteiger partial charge < -0.3 is 24.2 Å². The summed E-state index contributed by atoms with van der Waals surface area (Å²) in [6.45, 7) is 0. The molecule has 0 radical (unpaired) electrons. The summed E-state index contributed by atoms with van der Waals surface area (Å²) in [6.07, 6.45) is 8.00. The van der Waals surface area contributed by atoms with E-state index >= 15 is 0 Å². The first kappa shape index (κ1) is 39.1. The molecule has 11 heteroatoms. The fraction of sp³-hybridized carbons (Fsp3) is 0.0600. The third-order valence-corrected chi connectivity index (χ3v) is 11.4. The molecule has 2 N–H and O–H groups in total. The third kappa shape index (κ3) is 7.44. The number of nitrogens with one attached hydrogen (secondary N) is 2. The topological polar surface area (TPSA) is 136 Å². The van der Waals surface area contributed by atoms with Gasteiger partial charge >= 0.3 is 17.9 Å². The number of fused-ring (bicyclic) bond motifs is 8. The van der Waals surface area contributed by atoms with Crippen molar-refractivity contribution < 1.29 is 28.6 Å². The van der Waals surface area contributed by atoms with Gasteiger partial charge in [0.05, 0.1) is 60.8 Å². The molecule has 0 saturated carbocycles. The van der Waals surface area contributed by atoms with E-state index < -0.39 is 17.9 Å². The second-order valence-electron chi connectivity index (χ2n) is 14.2. The number of benzene rings is 4. The molecule has 5 heterocycles. The van der Waals surface area contributed by atoms with Crippen LogP contribution in [0.5, 0.6) is 0 Å². The molecule has 8 bridgehead atoms. The van der Waals surface area contributed by atoms with Crippen LogP contribution in [0.25, 0.3) is 90.9 Å². The zero-order valence-corrected chi connectivity index (χ0v) is 35.2. The SMILES string of the molecule is COC(=O)c1ccc(-c2c3nc(c(-c4ccc(C(=O)OC)cc4)c4ccc([nH]4)c(-c4ccc(C(=O)OC)cc4)c4nc(c(-c5ccc(I)cc5)c5ccc2[nH]5)C=C4)C=C3)cc1. The highest BCUT2D eigenvalue weighted by Crippen LogP contribution is 2.39. The zero-order valence-electron chi connectivity index (χ0n) is 33.1. The summed E-state index contributed by atoms with van der Waals surface area (Å²) in [5.41, 5.74) is 14.1. The van der Waals surface area contributed by atoms with Gasteiger partial charge in [0.15, 0.2) is 0 Å². The van der Waals surface area contributed by atoms with Crippen molar-refractivity contribution in [1.82, 2.24) is 19.9 Å². The minimum Gasteiger partial charge on any atom is -0.465 e. The molecule has 0 spiro atoms. The van der Waals surface area contributed by atoms with Crippen LogP contribution in [0.15, 0.2) is 121 Å². The summed E-state index contributed by atoms with van der Waals surface area (Å²) in [7, 11) is 4.08. The van der Waals surface area contributed by atoms with Crippen LogP contribution in [-0.2, 0) is 14.2 Å². The minimum atomic E-state index is -0.436. The van der Waals surface area contributed by atoms with E-state index in [9.17, 15) is 14.4 Å². The molecule has 298 valence electrons. The highest BCUT2D eigenvalue weighted by Gasteiger charge is 2.20. The van der Waals surface area contributed by atoms with Crippen molar-refractivity contribution in [1.29, 1.82) is 0 Å². The average Bonchev–Trinajstić information content (AvgIpc) is 4.15. The summed E-state index contributed by atoms with van der Waals surface area (Å²) in [4.78, 5) is 55.4. The van der Waals surface area contributed by atoms with Crippen LogP contribution in [0.4, 0.5) is 0 Å². The molecule has 4 aromatic carbocycles. The first-order chi connectivity index (χ1) is 29.7. The van der Waals surface area contributed by atoms with E-state index in [1.165, 1.54) is 21.3 Å². The highest BCUT2D eigenvalue weighted by atomic mass is 127. The lowest BCUT2D eigenvalue weighted by Gasteiger charge is -2.08. The number of hydrogen-bond donors (Lipinski definition) is 2. The number of carbonyl (C=O) groups is 3. The Kier molecular flexibility index (Phi) is 10.5. The Bertz CT molecular complexity index is 3070. The molecule has 7 aromatic rings. The van der Waals surface area contributed by atoms with E-state index in [4.69, 9.17) is 24.2 Å². The Morgan fingerprint density at radius 3 is 0.885 bits per heavy atom. The van der Waals surface area contributed by atoms with Crippen molar-refractivity contribution in [2.75, 3.05) is 21.3 Å². The van der Waals surface area contributed by atoms with Crippen molar-refractivity contribution in [3.8, 4) is 44.5 Å². The molecule has 10 nitrogen and oxygen atoms in total. The largest absolute Gasteiger partial charge is 0.465 e. The Morgan fingerprint density at radius 2 is 0.639 bits per heavy atom. The molecule has 2 aliphatic heterocycles. The van der Waals surface area contributed by atoms with E-state index in [0.29, 0.717) is 33.8 Å².